The van der Waals surface area contributed by atoms with Gasteiger partial charge in [-0.2, -0.15) is 0 Å². The van der Waals surface area contributed by atoms with E-state index in [1.54, 1.807) is 0 Å². The van der Waals surface area contributed by atoms with E-state index in [-0.39, 0.29) is 7.25 Å². The van der Waals surface area contributed by atoms with E-state index in [1.807, 2.05) is 0 Å². The van der Waals surface area contributed by atoms with Crippen LogP contribution in [0.5, 0.6) is 0 Å². The van der Waals surface area contributed by atoms with Gasteiger partial charge in [0.2, 0.25) is 0 Å². The summed E-state index contributed by atoms with van der Waals surface area (Å²) in [5, 5.41) is 2.99. The van der Waals surface area contributed by atoms with E-state index in [9.17, 15) is 17.0 Å². The second-order valence-electron chi connectivity index (χ2n) is 16.3. The molecule has 0 aromatic heterocycles. The van der Waals surface area contributed by atoms with E-state index in [4.69, 9.17) is 0 Å². The molecule has 6 aromatic rings. The van der Waals surface area contributed by atoms with Gasteiger partial charge in [0, 0.05) is 0 Å². The molecule has 0 amide bonds. The third-order valence-corrected chi connectivity index (χ3v) is 35.9. The van der Waals surface area contributed by atoms with Crippen LogP contribution in [0.4, 0.5) is 0 Å². The van der Waals surface area contributed by atoms with Crippen molar-refractivity contribution in [3.8, 4) is 33.4 Å². The minimum absolute atomic E-state index is 0.0606. The zero-order valence-corrected chi connectivity index (χ0v) is 38.5. The van der Waals surface area contributed by atoms with Crippen LogP contribution in [0.15, 0.2) is 139 Å². The molecular weight excluding hydrogens is 815 g/mol. The first-order chi connectivity index (χ1) is 27.3. The van der Waals surface area contributed by atoms with Gasteiger partial charge in [-0.1, -0.05) is 0 Å². The van der Waals surface area contributed by atoms with Crippen LogP contribution in [-0.2, 0) is 29.2 Å². The zero-order chi connectivity index (χ0) is 38.6. The van der Waals surface area contributed by atoms with Crippen LogP contribution in [0.3, 0.4) is 0 Å². The van der Waals surface area contributed by atoms with Gasteiger partial charge in [0.1, 0.15) is 0 Å². The normalized spacial score (nSPS) is 17.8. The number of rotatable bonds is 11. The Kier molecular flexibility index (Phi) is 10.2. The van der Waals surface area contributed by atoms with Gasteiger partial charge >= 0.3 is 348 Å². The Morgan fingerprint density at radius 3 is 1.50 bits per heavy atom. The number of allylic oxidation sites excluding steroid dienone is 2. The first-order valence-electron chi connectivity index (χ1n) is 20.9. The van der Waals surface area contributed by atoms with Gasteiger partial charge in [0.15, 0.2) is 0 Å². The van der Waals surface area contributed by atoms with E-state index < -0.39 is 25.9 Å². The van der Waals surface area contributed by atoms with Crippen LogP contribution in [0.2, 0.25) is 0 Å². The van der Waals surface area contributed by atoms with Crippen LogP contribution in [0, 0.1) is 0 Å². The second-order valence-corrected chi connectivity index (χ2v) is 38.7. The Hall–Kier alpha value is -3.52. The molecule has 56 heavy (non-hydrogen) atoms. The van der Waals surface area contributed by atoms with Crippen molar-refractivity contribution in [2.24, 2.45) is 0 Å². The molecule has 0 radical (unpaired) electrons. The topological polar surface area (TPSA) is 0 Å². The standard InChI is InChI=1S/2C20H21.C12H9Si.2ClH.Zr/c2*1-3-8-15-13-18-12-11-16(4-2)20(19(18)14-15)17-9-6-5-7-10-17;1-3-7-11-9(5-1)10-6-2-4-8-12(10)13-11;;;/h2*5-7,9-14H,3-4,8H2,1-2H3;1-7H,13H2;2*1H;/q;;;;;+2/p-2. The molecular formula is C52H51Cl2SiZr. The Labute approximate surface area is 344 Å². The number of benzene rings is 6. The summed E-state index contributed by atoms with van der Waals surface area (Å²) < 4.78 is 1.19. The summed E-state index contributed by atoms with van der Waals surface area (Å²) in [4.78, 5) is 0. The van der Waals surface area contributed by atoms with Gasteiger partial charge in [-0.25, -0.2) is 0 Å². The first kappa shape index (κ1) is 38.0. The number of aryl methyl sites for hydroxylation is 2. The van der Waals surface area contributed by atoms with Gasteiger partial charge in [-0.3, -0.25) is 0 Å². The first-order valence-corrected chi connectivity index (χ1v) is 32.7. The molecule has 281 valence electrons. The molecule has 0 N–H and O–H groups in total. The Morgan fingerprint density at radius 2 is 1.00 bits per heavy atom. The van der Waals surface area contributed by atoms with Crippen molar-refractivity contribution in [2.45, 2.75) is 73.5 Å². The molecule has 1 aliphatic heterocycles. The summed E-state index contributed by atoms with van der Waals surface area (Å²) in [6.45, 7) is 9.21. The summed E-state index contributed by atoms with van der Waals surface area (Å²) >= 11 is -5.58. The van der Waals surface area contributed by atoms with Crippen LogP contribution < -0.4 is 13.6 Å². The quantitative estimate of drug-likeness (QED) is 0.114. The molecule has 3 aliphatic rings. The molecule has 6 aromatic carbocycles. The molecule has 2 unspecified atom stereocenters. The third-order valence-electron chi connectivity index (χ3n) is 13.1. The van der Waals surface area contributed by atoms with Gasteiger partial charge in [0.05, 0.1) is 0 Å². The molecule has 4 heteroatoms. The molecule has 9 rings (SSSR count). The molecule has 0 saturated heterocycles. The fraction of sp³-hybridized carbons (Fsp3) is 0.231. The van der Waals surface area contributed by atoms with Crippen molar-refractivity contribution in [2.75, 3.05) is 0 Å². The molecule has 0 spiro atoms. The molecule has 0 saturated carbocycles. The van der Waals surface area contributed by atoms with E-state index in [2.05, 4.69) is 167 Å². The summed E-state index contributed by atoms with van der Waals surface area (Å²) in [5.74, 6) is 0. The van der Waals surface area contributed by atoms with Gasteiger partial charge < -0.3 is 0 Å². The van der Waals surface area contributed by atoms with E-state index in [1.165, 1.54) is 91.6 Å². The van der Waals surface area contributed by atoms with Crippen molar-refractivity contribution < 1.29 is 16.4 Å². The van der Waals surface area contributed by atoms with Crippen LogP contribution in [0.1, 0.15) is 94.0 Å². The van der Waals surface area contributed by atoms with Crippen molar-refractivity contribution >= 4 is 52.3 Å². The molecule has 0 nitrogen and oxygen atoms in total. The van der Waals surface area contributed by atoms with Crippen molar-refractivity contribution in [1.29, 1.82) is 0 Å². The molecule has 0 bridgehead atoms. The van der Waals surface area contributed by atoms with Gasteiger partial charge in [-0.15, -0.1) is 0 Å². The molecule has 2 atom stereocenters. The Balaban J connectivity index is 1.39. The fourth-order valence-electron chi connectivity index (χ4n) is 10.9. The monoisotopic (exact) mass is 863 g/mol. The van der Waals surface area contributed by atoms with E-state index in [0.717, 1.165) is 38.5 Å². The Bertz CT molecular complexity index is 2420. The van der Waals surface area contributed by atoms with Crippen molar-refractivity contribution in [3.05, 3.63) is 172 Å². The number of halogens is 2. The number of hydrogen-bond donors (Lipinski definition) is 0. The predicted molar refractivity (Wildman–Crippen MR) is 245 cm³/mol. The molecule has 2 aliphatic carbocycles. The van der Waals surface area contributed by atoms with Crippen LogP contribution in [-0.4, -0.2) is 9.52 Å². The molecule has 0 fully saturated rings. The van der Waals surface area contributed by atoms with E-state index >= 15 is 0 Å². The molecule has 1 heterocycles. The van der Waals surface area contributed by atoms with Crippen LogP contribution in [0.25, 0.3) is 45.5 Å². The minimum atomic E-state index is -5.58. The average Bonchev–Trinajstić information content (AvgIpc) is 3.93. The summed E-state index contributed by atoms with van der Waals surface area (Å²) in [5.41, 5.74) is 19.0. The van der Waals surface area contributed by atoms with Gasteiger partial charge in [0.25, 0.3) is 0 Å². The predicted octanol–water partition coefficient (Wildman–Crippen LogP) is 12.7. The number of fused-ring (bicyclic) bond motifs is 5. The summed E-state index contributed by atoms with van der Waals surface area (Å²) in [6.07, 6.45) is 11.1. The average molecular weight is 866 g/mol. The summed E-state index contributed by atoms with van der Waals surface area (Å²) in [7, 11) is 17.8. The van der Waals surface area contributed by atoms with E-state index in [0.29, 0.717) is 0 Å². The van der Waals surface area contributed by atoms with Gasteiger partial charge in [-0.05, 0) is 0 Å². The summed E-state index contributed by atoms with van der Waals surface area (Å²) in [6, 6.07) is 47.8. The maximum atomic E-state index is 9.34. The third kappa shape index (κ3) is 5.84. The van der Waals surface area contributed by atoms with Crippen LogP contribution >= 0.6 is 17.0 Å². The van der Waals surface area contributed by atoms with Crippen molar-refractivity contribution in [3.63, 3.8) is 0 Å². The SMILES string of the molecule is CCCC1=Cc2c(ccc(CC)c2-c2ccccc2)[CH]1[Zr]([Cl])([Cl])([c]1cccc2c1[SiH2]c1ccccc1-2)[CH]1C(CCC)=Cc2c1ccc(CC)c2-c1ccccc1. The maximum absolute atomic E-state index is 9.34. The second kappa shape index (κ2) is 15.0. The fourth-order valence-corrected chi connectivity index (χ4v) is 38.9. The van der Waals surface area contributed by atoms with Crippen molar-refractivity contribution in [1.82, 2.24) is 0 Å². The zero-order valence-electron chi connectivity index (χ0n) is 33.1. The number of hydrogen-bond acceptors (Lipinski definition) is 0. The Morgan fingerprint density at radius 1 is 0.518 bits per heavy atom.